The zero-order chi connectivity index (χ0) is 14.8. The number of hydrogen-bond donors (Lipinski definition) is 2. The molecule has 1 aliphatic rings. The molecule has 3 rings (SSSR count). The van der Waals surface area contributed by atoms with E-state index in [1.54, 1.807) is 6.20 Å². The van der Waals surface area contributed by atoms with E-state index in [0.29, 0.717) is 11.0 Å². The van der Waals surface area contributed by atoms with Crippen LogP contribution in [0.5, 0.6) is 0 Å². The van der Waals surface area contributed by atoms with Gasteiger partial charge < -0.3 is 11.1 Å². The standard InChI is InChI=1S/C17H19N3S/c1-11-8-9-19-17(15(11)16(18)21)20-14-7-6-12-4-2-3-5-13(12)10-14/h2-5,8-9,14H,6-7,10H2,1H3,(H2,18,21)(H,19,20). The fraction of sp³-hybridized carbons (Fsp3) is 0.294. The Morgan fingerprint density at radius 1 is 1.29 bits per heavy atom. The van der Waals surface area contributed by atoms with Crippen molar-refractivity contribution in [1.82, 2.24) is 4.98 Å². The normalized spacial score (nSPS) is 17.1. The van der Waals surface area contributed by atoms with Crippen LogP contribution >= 0.6 is 12.2 Å². The molecule has 2 aromatic rings. The number of aromatic nitrogens is 1. The van der Waals surface area contributed by atoms with E-state index in [9.17, 15) is 0 Å². The largest absolute Gasteiger partial charge is 0.389 e. The van der Waals surface area contributed by atoms with Crippen molar-refractivity contribution >= 4 is 23.0 Å². The highest BCUT2D eigenvalue weighted by molar-refractivity contribution is 7.80. The van der Waals surface area contributed by atoms with Gasteiger partial charge in [-0.2, -0.15) is 0 Å². The van der Waals surface area contributed by atoms with Gasteiger partial charge in [0.25, 0.3) is 0 Å². The third-order valence-corrected chi connectivity index (χ3v) is 4.30. The summed E-state index contributed by atoms with van der Waals surface area (Å²) in [6, 6.07) is 11.0. The van der Waals surface area contributed by atoms with E-state index in [4.69, 9.17) is 18.0 Å². The zero-order valence-electron chi connectivity index (χ0n) is 12.1. The Morgan fingerprint density at radius 3 is 2.81 bits per heavy atom. The summed E-state index contributed by atoms with van der Waals surface area (Å²) in [7, 11) is 0. The summed E-state index contributed by atoms with van der Waals surface area (Å²) in [6.07, 6.45) is 5.02. The molecule has 0 aliphatic heterocycles. The van der Waals surface area contributed by atoms with Crippen LogP contribution < -0.4 is 11.1 Å². The predicted octanol–water partition coefficient (Wildman–Crippen LogP) is 2.99. The van der Waals surface area contributed by atoms with Gasteiger partial charge in [0.15, 0.2) is 0 Å². The number of thiocarbonyl (C=S) groups is 1. The molecule has 0 amide bonds. The lowest BCUT2D eigenvalue weighted by Crippen LogP contribution is -2.29. The predicted molar refractivity (Wildman–Crippen MR) is 90.7 cm³/mol. The number of nitrogens with one attached hydrogen (secondary N) is 1. The van der Waals surface area contributed by atoms with Crippen LogP contribution in [0, 0.1) is 6.92 Å². The van der Waals surface area contributed by atoms with Gasteiger partial charge in [-0.15, -0.1) is 0 Å². The van der Waals surface area contributed by atoms with Crippen molar-refractivity contribution in [1.29, 1.82) is 0 Å². The van der Waals surface area contributed by atoms with E-state index >= 15 is 0 Å². The minimum atomic E-state index is 0.377. The molecule has 1 heterocycles. The molecule has 0 fully saturated rings. The van der Waals surface area contributed by atoms with Crippen LogP contribution in [0.15, 0.2) is 36.5 Å². The molecule has 0 saturated carbocycles. The quantitative estimate of drug-likeness (QED) is 0.855. The van der Waals surface area contributed by atoms with Crippen molar-refractivity contribution in [2.75, 3.05) is 5.32 Å². The van der Waals surface area contributed by atoms with Crippen LogP contribution in [0.3, 0.4) is 0 Å². The van der Waals surface area contributed by atoms with Crippen LogP contribution in [0.25, 0.3) is 0 Å². The Balaban J connectivity index is 1.83. The van der Waals surface area contributed by atoms with Crippen molar-refractivity contribution in [3.05, 3.63) is 58.8 Å². The number of hydrogen-bond acceptors (Lipinski definition) is 3. The lowest BCUT2D eigenvalue weighted by molar-refractivity contribution is 0.608. The van der Waals surface area contributed by atoms with E-state index in [2.05, 4.69) is 34.6 Å². The molecule has 1 aromatic heterocycles. The van der Waals surface area contributed by atoms with Gasteiger partial charge in [-0.05, 0) is 48.9 Å². The molecule has 108 valence electrons. The maximum atomic E-state index is 5.85. The van der Waals surface area contributed by atoms with Crippen LogP contribution in [-0.2, 0) is 12.8 Å². The third kappa shape index (κ3) is 2.90. The molecule has 1 aromatic carbocycles. The average molecular weight is 297 g/mol. The number of rotatable bonds is 3. The maximum Gasteiger partial charge on any atom is 0.136 e. The number of nitrogens with two attached hydrogens (primary N) is 1. The van der Waals surface area contributed by atoms with Crippen LogP contribution in [0.1, 0.15) is 28.7 Å². The van der Waals surface area contributed by atoms with Gasteiger partial charge in [0.05, 0.1) is 5.56 Å². The highest BCUT2D eigenvalue weighted by Gasteiger charge is 2.20. The van der Waals surface area contributed by atoms with Crippen LogP contribution in [-0.4, -0.2) is 16.0 Å². The Labute approximate surface area is 130 Å². The minimum absolute atomic E-state index is 0.377. The van der Waals surface area contributed by atoms with Gasteiger partial charge >= 0.3 is 0 Å². The highest BCUT2D eigenvalue weighted by atomic mass is 32.1. The average Bonchev–Trinajstić information content (AvgIpc) is 2.47. The highest BCUT2D eigenvalue weighted by Crippen LogP contribution is 2.25. The molecule has 21 heavy (non-hydrogen) atoms. The van der Waals surface area contributed by atoms with Gasteiger partial charge in [0.1, 0.15) is 10.8 Å². The summed E-state index contributed by atoms with van der Waals surface area (Å²) in [5.41, 5.74) is 10.7. The van der Waals surface area contributed by atoms with E-state index < -0.39 is 0 Å². The first-order valence-electron chi connectivity index (χ1n) is 7.24. The molecule has 3 nitrogen and oxygen atoms in total. The van der Waals surface area contributed by atoms with E-state index in [1.165, 1.54) is 11.1 Å². The summed E-state index contributed by atoms with van der Waals surface area (Å²) in [5.74, 6) is 0.812. The van der Waals surface area contributed by atoms with E-state index in [0.717, 1.165) is 36.2 Å². The summed E-state index contributed by atoms with van der Waals surface area (Å²) in [6.45, 7) is 2.01. The second-order valence-electron chi connectivity index (χ2n) is 5.57. The summed E-state index contributed by atoms with van der Waals surface area (Å²) in [5, 5.41) is 3.53. The number of nitrogens with zero attached hydrogens (tertiary/aromatic N) is 1. The molecule has 0 bridgehead atoms. The fourth-order valence-corrected chi connectivity index (χ4v) is 3.25. The lowest BCUT2D eigenvalue weighted by Gasteiger charge is -2.27. The van der Waals surface area contributed by atoms with Crippen molar-refractivity contribution in [2.24, 2.45) is 5.73 Å². The second-order valence-corrected chi connectivity index (χ2v) is 6.01. The fourth-order valence-electron chi connectivity index (χ4n) is 2.99. The topological polar surface area (TPSA) is 50.9 Å². The lowest BCUT2D eigenvalue weighted by atomic mass is 9.88. The monoisotopic (exact) mass is 297 g/mol. The summed E-state index contributed by atoms with van der Waals surface area (Å²) < 4.78 is 0. The number of pyridine rings is 1. The smallest absolute Gasteiger partial charge is 0.136 e. The zero-order valence-corrected chi connectivity index (χ0v) is 12.9. The summed E-state index contributed by atoms with van der Waals surface area (Å²) in [4.78, 5) is 4.83. The van der Waals surface area contributed by atoms with Gasteiger partial charge in [0, 0.05) is 12.2 Å². The first-order valence-corrected chi connectivity index (χ1v) is 7.64. The van der Waals surface area contributed by atoms with Gasteiger partial charge in [-0.25, -0.2) is 4.98 Å². The molecule has 3 N–H and O–H groups in total. The number of aryl methyl sites for hydroxylation is 2. The number of fused-ring (bicyclic) bond motifs is 1. The molecule has 1 aliphatic carbocycles. The van der Waals surface area contributed by atoms with Crippen molar-refractivity contribution in [3.8, 4) is 0 Å². The van der Waals surface area contributed by atoms with E-state index in [1.807, 2.05) is 13.0 Å². The maximum absolute atomic E-state index is 5.85. The first kappa shape index (κ1) is 14.0. The SMILES string of the molecule is Cc1ccnc(NC2CCc3ccccc3C2)c1C(N)=S. The molecule has 0 spiro atoms. The van der Waals surface area contributed by atoms with Crippen LogP contribution in [0.2, 0.25) is 0 Å². The third-order valence-electron chi connectivity index (χ3n) is 4.09. The van der Waals surface area contributed by atoms with Gasteiger partial charge in [0.2, 0.25) is 0 Å². The molecule has 1 unspecified atom stereocenters. The molecular formula is C17H19N3S. The molecule has 1 atom stereocenters. The Hall–Kier alpha value is -1.94. The van der Waals surface area contributed by atoms with Crippen molar-refractivity contribution < 1.29 is 0 Å². The number of benzene rings is 1. The Morgan fingerprint density at radius 2 is 2.05 bits per heavy atom. The van der Waals surface area contributed by atoms with E-state index in [-0.39, 0.29) is 0 Å². The molecule has 4 heteroatoms. The van der Waals surface area contributed by atoms with Crippen molar-refractivity contribution in [2.45, 2.75) is 32.2 Å². The molecule has 0 radical (unpaired) electrons. The minimum Gasteiger partial charge on any atom is -0.389 e. The van der Waals surface area contributed by atoms with Gasteiger partial charge in [-0.3, -0.25) is 0 Å². The first-order chi connectivity index (χ1) is 10.1. The van der Waals surface area contributed by atoms with Gasteiger partial charge in [-0.1, -0.05) is 36.5 Å². The molecular weight excluding hydrogens is 278 g/mol. The number of anilines is 1. The Bertz CT molecular complexity index is 681. The van der Waals surface area contributed by atoms with Crippen LogP contribution in [0.4, 0.5) is 5.82 Å². The summed E-state index contributed by atoms with van der Waals surface area (Å²) >= 11 is 5.17. The second kappa shape index (κ2) is 5.82. The molecule has 0 saturated heterocycles. The van der Waals surface area contributed by atoms with Crippen molar-refractivity contribution in [3.63, 3.8) is 0 Å². The Kier molecular flexibility index (Phi) is 3.88.